The highest BCUT2D eigenvalue weighted by atomic mass is 16.1. The molecule has 0 aliphatic carbocycles. The van der Waals surface area contributed by atoms with Crippen molar-refractivity contribution >= 4 is 11.6 Å². The number of nitrogens with zero attached hydrogens (tertiary/aromatic N) is 2. The Hall–Kier alpha value is -2.40. The monoisotopic (exact) mass is 284 g/mol. The zero-order chi connectivity index (χ0) is 15.4. The number of pyridine rings is 1. The van der Waals surface area contributed by atoms with Gasteiger partial charge in [-0.25, -0.2) is 0 Å². The molecule has 1 aromatic heterocycles. The van der Waals surface area contributed by atoms with Crippen LogP contribution in [0.5, 0.6) is 0 Å². The predicted molar refractivity (Wildman–Crippen MR) is 83.5 cm³/mol. The lowest BCUT2D eigenvalue weighted by Gasteiger charge is -2.18. The van der Waals surface area contributed by atoms with Gasteiger partial charge in [-0.05, 0) is 43.8 Å². The molecule has 1 heterocycles. The third-order valence-electron chi connectivity index (χ3n) is 3.25. The number of carbonyl (C=O) groups is 1. The maximum Gasteiger partial charge on any atom is 0.248 e. The molecule has 0 saturated heterocycles. The molecule has 2 aromatic rings. The van der Waals surface area contributed by atoms with Crippen LogP contribution < -0.4 is 11.5 Å². The lowest BCUT2D eigenvalue weighted by atomic mass is 10.1. The van der Waals surface area contributed by atoms with Gasteiger partial charge in [-0.1, -0.05) is 12.1 Å². The maximum absolute atomic E-state index is 11.1. The smallest absolute Gasteiger partial charge is 0.248 e. The summed E-state index contributed by atoms with van der Waals surface area (Å²) in [4.78, 5) is 17.7. The minimum atomic E-state index is -0.467. The molecule has 2 rings (SSSR count). The number of primary amides is 1. The zero-order valence-corrected chi connectivity index (χ0v) is 12.3. The maximum atomic E-state index is 11.1. The predicted octanol–water partition coefficient (Wildman–Crippen LogP) is 1.70. The summed E-state index contributed by atoms with van der Waals surface area (Å²) < 4.78 is 0. The molecule has 0 spiro atoms. The first-order valence-electron chi connectivity index (χ1n) is 6.75. The quantitative estimate of drug-likeness (QED) is 0.818. The van der Waals surface area contributed by atoms with Crippen LogP contribution >= 0.6 is 0 Å². The molecule has 110 valence electrons. The van der Waals surface area contributed by atoms with Crippen molar-refractivity contribution in [3.05, 3.63) is 58.9 Å². The van der Waals surface area contributed by atoms with Gasteiger partial charge in [0.1, 0.15) is 0 Å². The average Bonchev–Trinajstić information content (AvgIpc) is 2.40. The van der Waals surface area contributed by atoms with Crippen molar-refractivity contribution in [1.82, 2.24) is 9.88 Å². The lowest BCUT2D eigenvalue weighted by Crippen LogP contribution is -2.19. The van der Waals surface area contributed by atoms with E-state index in [4.69, 9.17) is 11.5 Å². The van der Waals surface area contributed by atoms with E-state index in [1.165, 1.54) is 0 Å². The van der Waals surface area contributed by atoms with Gasteiger partial charge in [-0.15, -0.1) is 0 Å². The molecule has 0 saturated carbocycles. The van der Waals surface area contributed by atoms with Crippen molar-refractivity contribution < 1.29 is 4.79 Å². The van der Waals surface area contributed by atoms with Gasteiger partial charge >= 0.3 is 0 Å². The summed E-state index contributed by atoms with van der Waals surface area (Å²) in [5.41, 5.74) is 15.2. The Morgan fingerprint density at radius 3 is 2.62 bits per heavy atom. The molecular weight excluding hydrogens is 264 g/mol. The van der Waals surface area contributed by atoms with Crippen molar-refractivity contribution in [3.8, 4) is 0 Å². The molecule has 0 radical (unpaired) electrons. The number of aryl methyl sites for hydroxylation is 1. The number of rotatable bonds is 5. The second-order valence-electron chi connectivity index (χ2n) is 5.22. The van der Waals surface area contributed by atoms with Crippen LogP contribution in [0.3, 0.4) is 0 Å². The van der Waals surface area contributed by atoms with E-state index in [9.17, 15) is 4.79 Å². The van der Waals surface area contributed by atoms with Crippen LogP contribution in [0.2, 0.25) is 0 Å². The number of benzene rings is 1. The van der Waals surface area contributed by atoms with Crippen molar-refractivity contribution in [1.29, 1.82) is 0 Å². The van der Waals surface area contributed by atoms with E-state index < -0.39 is 5.91 Å². The number of nitrogen functional groups attached to an aromatic ring is 1. The van der Waals surface area contributed by atoms with Crippen molar-refractivity contribution in [2.24, 2.45) is 5.73 Å². The summed E-state index contributed by atoms with van der Waals surface area (Å²) in [5, 5.41) is 0. The molecule has 21 heavy (non-hydrogen) atoms. The molecule has 1 aromatic carbocycles. The highest BCUT2D eigenvalue weighted by Gasteiger charge is 2.08. The highest BCUT2D eigenvalue weighted by Crippen LogP contribution is 2.16. The van der Waals surface area contributed by atoms with Crippen molar-refractivity contribution in [2.45, 2.75) is 20.0 Å². The normalized spacial score (nSPS) is 10.8. The molecule has 5 heteroatoms. The van der Waals surface area contributed by atoms with Crippen molar-refractivity contribution in [3.63, 3.8) is 0 Å². The molecule has 0 bridgehead atoms. The van der Waals surface area contributed by atoms with E-state index in [2.05, 4.69) is 9.88 Å². The molecule has 0 atom stereocenters. The van der Waals surface area contributed by atoms with E-state index in [1.807, 2.05) is 38.2 Å². The number of anilines is 1. The van der Waals surface area contributed by atoms with E-state index in [0.717, 1.165) is 23.5 Å². The van der Waals surface area contributed by atoms with Crippen LogP contribution in [-0.4, -0.2) is 22.8 Å². The van der Waals surface area contributed by atoms with Crippen LogP contribution in [0.1, 0.15) is 27.3 Å². The first-order valence-corrected chi connectivity index (χ1v) is 6.75. The van der Waals surface area contributed by atoms with Crippen LogP contribution in [0.25, 0.3) is 0 Å². The molecule has 0 fully saturated rings. The molecule has 0 aliphatic rings. The fraction of sp³-hybridized carbons (Fsp3) is 0.250. The first-order chi connectivity index (χ1) is 9.95. The van der Waals surface area contributed by atoms with Crippen LogP contribution in [0.4, 0.5) is 5.69 Å². The molecule has 0 aliphatic heterocycles. The van der Waals surface area contributed by atoms with Gasteiger partial charge in [0.05, 0.1) is 5.69 Å². The molecule has 0 unspecified atom stereocenters. The van der Waals surface area contributed by atoms with Gasteiger partial charge in [0.2, 0.25) is 5.91 Å². The van der Waals surface area contributed by atoms with E-state index in [-0.39, 0.29) is 0 Å². The Bertz CT molecular complexity index is 654. The third kappa shape index (κ3) is 4.03. The largest absolute Gasteiger partial charge is 0.398 e. The van der Waals surface area contributed by atoms with E-state index in [0.29, 0.717) is 17.8 Å². The highest BCUT2D eigenvalue weighted by molar-refractivity contribution is 5.93. The fourth-order valence-corrected chi connectivity index (χ4v) is 2.20. The minimum absolute atomic E-state index is 0.430. The van der Waals surface area contributed by atoms with Gasteiger partial charge in [0.25, 0.3) is 0 Å². The number of amides is 1. The number of nitrogens with two attached hydrogens (primary N) is 2. The van der Waals surface area contributed by atoms with Gasteiger partial charge in [0.15, 0.2) is 0 Å². The lowest BCUT2D eigenvalue weighted by molar-refractivity contribution is 0.100. The Morgan fingerprint density at radius 2 is 2.00 bits per heavy atom. The third-order valence-corrected chi connectivity index (χ3v) is 3.25. The van der Waals surface area contributed by atoms with Gasteiger partial charge in [-0.2, -0.15) is 0 Å². The average molecular weight is 284 g/mol. The molecular formula is C16H20N4O. The second kappa shape index (κ2) is 6.37. The Balaban J connectivity index is 2.06. The SMILES string of the molecule is Cc1cccc(CN(C)Cc2ccc(C(N)=O)cc2N)n1. The van der Waals surface area contributed by atoms with Crippen molar-refractivity contribution in [2.75, 3.05) is 12.8 Å². The van der Waals surface area contributed by atoms with E-state index in [1.54, 1.807) is 12.1 Å². The summed E-state index contributed by atoms with van der Waals surface area (Å²) in [6.07, 6.45) is 0. The van der Waals surface area contributed by atoms with Crippen LogP contribution in [0.15, 0.2) is 36.4 Å². The summed E-state index contributed by atoms with van der Waals surface area (Å²) in [7, 11) is 2.01. The topological polar surface area (TPSA) is 85.2 Å². The summed E-state index contributed by atoms with van der Waals surface area (Å²) in [6, 6.07) is 11.1. The summed E-state index contributed by atoms with van der Waals surface area (Å²) >= 11 is 0. The standard InChI is InChI=1S/C16H20N4O/c1-11-4-3-5-14(19-11)10-20(2)9-13-7-6-12(16(18)21)8-15(13)17/h3-8H,9-10,17H2,1-2H3,(H2,18,21). The Labute approximate surface area is 124 Å². The van der Waals surface area contributed by atoms with Crippen LogP contribution in [-0.2, 0) is 13.1 Å². The fourth-order valence-electron chi connectivity index (χ4n) is 2.20. The summed E-state index contributed by atoms with van der Waals surface area (Å²) in [6.45, 7) is 3.39. The number of aromatic nitrogens is 1. The number of hydrogen-bond donors (Lipinski definition) is 2. The molecule has 1 amide bonds. The molecule has 4 N–H and O–H groups in total. The Kier molecular flexibility index (Phi) is 4.55. The minimum Gasteiger partial charge on any atom is -0.398 e. The van der Waals surface area contributed by atoms with Gasteiger partial charge < -0.3 is 11.5 Å². The van der Waals surface area contributed by atoms with Gasteiger partial charge in [0, 0.05) is 30.0 Å². The van der Waals surface area contributed by atoms with Gasteiger partial charge in [-0.3, -0.25) is 14.7 Å². The summed E-state index contributed by atoms with van der Waals surface area (Å²) in [5.74, 6) is -0.467. The number of hydrogen-bond acceptors (Lipinski definition) is 4. The second-order valence-corrected chi connectivity index (χ2v) is 5.22. The van der Waals surface area contributed by atoms with E-state index >= 15 is 0 Å². The number of carbonyl (C=O) groups excluding carboxylic acids is 1. The van der Waals surface area contributed by atoms with Crippen LogP contribution in [0, 0.1) is 6.92 Å². The zero-order valence-electron chi connectivity index (χ0n) is 12.3. The molecule has 5 nitrogen and oxygen atoms in total. The first kappa shape index (κ1) is 15.0. The Morgan fingerprint density at radius 1 is 1.24 bits per heavy atom.